The van der Waals surface area contributed by atoms with Crippen LogP contribution < -0.4 is 5.32 Å². The second-order valence-corrected chi connectivity index (χ2v) is 6.71. The van der Waals surface area contributed by atoms with Crippen LogP contribution in [-0.2, 0) is 4.79 Å². The predicted octanol–water partition coefficient (Wildman–Crippen LogP) is 2.87. The van der Waals surface area contributed by atoms with E-state index in [1.165, 1.54) is 11.3 Å². The van der Waals surface area contributed by atoms with Crippen molar-refractivity contribution < 1.29 is 19.1 Å². The van der Waals surface area contributed by atoms with Crippen LogP contribution >= 0.6 is 0 Å². The normalized spacial score (nSPS) is 22.5. The van der Waals surface area contributed by atoms with E-state index in [2.05, 4.69) is 10.3 Å². The van der Waals surface area contributed by atoms with E-state index in [1.54, 1.807) is 6.92 Å². The van der Waals surface area contributed by atoms with E-state index in [0.29, 0.717) is 24.5 Å². The number of amides is 2. The molecule has 0 aliphatic carbocycles. The van der Waals surface area contributed by atoms with E-state index in [4.69, 9.17) is 4.42 Å². The number of carboxylic acid groups (broad SMARTS) is 1. The van der Waals surface area contributed by atoms with Gasteiger partial charge in [0.1, 0.15) is 11.3 Å². The molecule has 2 heterocycles. The van der Waals surface area contributed by atoms with Gasteiger partial charge >= 0.3 is 6.09 Å². The lowest BCUT2D eigenvalue weighted by Crippen LogP contribution is -2.67. The fraction of sp³-hybridized carbons (Fsp3) is 0.667. The van der Waals surface area contributed by atoms with Crippen molar-refractivity contribution in [3.63, 3.8) is 0 Å². The maximum Gasteiger partial charge on any atom is 0.408 e. The summed E-state index contributed by atoms with van der Waals surface area (Å²) in [6.45, 7) is 7.73. The number of nitrogens with one attached hydrogen (secondary N) is 1. The Kier molecular flexibility index (Phi) is 4.17. The Bertz CT molecular complexity index is 576. The number of aryl methyl sites for hydroxylation is 1. The highest BCUT2D eigenvalue weighted by molar-refractivity contribution is 6.00. The summed E-state index contributed by atoms with van der Waals surface area (Å²) in [6, 6.07) is 0. The quantitative estimate of drug-likeness (QED) is 0.875. The van der Waals surface area contributed by atoms with Gasteiger partial charge in [-0.15, -0.1) is 0 Å². The highest BCUT2D eigenvalue weighted by Crippen LogP contribution is 2.43. The van der Waals surface area contributed by atoms with E-state index in [1.807, 2.05) is 20.8 Å². The van der Waals surface area contributed by atoms with Crippen LogP contribution in [0.5, 0.6) is 0 Å². The first-order valence-electron chi connectivity index (χ1n) is 7.42. The second-order valence-electron chi connectivity index (χ2n) is 6.71. The Hall–Kier alpha value is -2.05. The molecule has 1 atom stereocenters. The van der Waals surface area contributed by atoms with Gasteiger partial charge in [-0.25, -0.2) is 4.79 Å². The van der Waals surface area contributed by atoms with Gasteiger partial charge in [-0.2, -0.15) is 4.98 Å². The summed E-state index contributed by atoms with van der Waals surface area (Å²) in [5.74, 6) is 0.485. The number of nitrogens with zero attached hydrogens (tertiary/aromatic N) is 2. The van der Waals surface area contributed by atoms with Gasteiger partial charge in [0.15, 0.2) is 12.2 Å². The van der Waals surface area contributed by atoms with Crippen LogP contribution in [0.15, 0.2) is 10.8 Å². The standard InChI is InChI=1S/C15H23N3O4/c1-10-11(16-9-22-10)17-12(19)15(14(2,3)4)7-5-6-8-18(15)13(20)21/h9H,5-8H2,1-4H3,(H,17,19)(H,20,21)/t15-/m1/s1. The van der Waals surface area contributed by atoms with E-state index < -0.39 is 17.0 Å². The third-order valence-corrected chi connectivity index (χ3v) is 4.46. The highest BCUT2D eigenvalue weighted by atomic mass is 16.4. The van der Waals surface area contributed by atoms with Crippen molar-refractivity contribution in [3.8, 4) is 0 Å². The zero-order chi connectivity index (χ0) is 16.5. The Morgan fingerprint density at radius 2 is 2.09 bits per heavy atom. The molecule has 0 spiro atoms. The third-order valence-electron chi connectivity index (χ3n) is 4.46. The van der Waals surface area contributed by atoms with Gasteiger partial charge in [0.25, 0.3) is 5.91 Å². The van der Waals surface area contributed by atoms with Crippen LogP contribution in [0.25, 0.3) is 0 Å². The summed E-state index contributed by atoms with van der Waals surface area (Å²) in [6.07, 6.45) is 2.25. The molecule has 0 aromatic carbocycles. The lowest BCUT2D eigenvalue weighted by atomic mass is 9.67. The second kappa shape index (κ2) is 5.62. The van der Waals surface area contributed by atoms with Gasteiger partial charge in [0, 0.05) is 6.54 Å². The molecule has 1 aliphatic rings. The number of carbonyl (C=O) groups excluding carboxylic acids is 1. The molecule has 1 fully saturated rings. The van der Waals surface area contributed by atoms with E-state index in [-0.39, 0.29) is 5.91 Å². The van der Waals surface area contributed by atoms with Crippen LogP contribution in [0.2, 0.25) is 0 Å². The maximum atomic E-state index is 13.0. The van der Waals surface area contributed by atoms with Crippen LogP contribution in [0.4, 0.5) is 10.6 Å². The molecule has 7 nitrogen and oxygen atoms in total. The van der Waals surface area contributed by atoms with Gasteiger partial charge < -0.3 is 14.8 Å². The van der Waals surface area contributed by atoms with Crippen molar-refractivity contribution >= 4 is 17.8 Å². The molecule has 0 bridgehead atoms. The van der Waals surface area contributed by atoms with Gasteiger partial charge in [0.05, 0.1) is 0 Å². The average molecular weight is 309 g/mol. The molecule has 1 aromatic heterocycles. The van der Waals surface area contributed by atoms with Crippen LogP contribution in [-0.4, -0.2) is 39.1 Å². The lowest BCUT2D eigenvalue weighted by molar-refractivity contribution is -0.137. The number of likely N-dealkylation sites (tertiary alicyclic amines) is 1. The van der Waals surface area contributed by atoms with Crippen molar-refractivity contribution in [1.29, 1.82) is 0 Å². The molecule has 7 heteroatoms. The fourth-order valence-electron chi connectivity index (χ4n) is 3.23. The molecular formula is C15H23N3O4. The first kappa shape index (κ1) is 16.3. The van der Waals surface area contributed by atoms with Gasteiger partial charge in [-0.3, -0.25) is 9.69 Å². The molecule has 0 unspecified atom stereocenters. The van der Waals surface area contributed by atoms with Crippen LogP contribution in [0.3, 0.4) is 0 Å². The first-order valence-corrected chi connectivity index (χ1v) is 7.42. The van der Waals surface area contributed by atoms with Gasteiger partial charge in [-0.05, 0) is 31.6 Å². The maximum absolute atomic E-state index is 13.0. The lowest BCUT2D eigenvalue weighted by Gasteiger charge is -2.51. The molecule has 2 rings (SSSR count). The first-order chi connectivity index (χ1) is 10.2. The Labute approximate surface area is 129 Å². The summed E-state index contributed by atoms with van der Waals surface area (Å²) in [4.78, 5) is 30.0. The number of piperidine rings is 1. The van der Waals surface area contributed by atoms with Crippen molar-refractivity contribution in [2.45, 2.75) is 52.5 Å². The van der Waals surface area contributed by atoms with E-state index >= 15 is 0 Å². The smallest absolute Gasteiger partial charge is 0.408 e. The number of hydrogen-bond acceptors (Lipinski definition) is 4. The summed E-state index contributed by atoms with van der Waals surface area (Å²) < 4.78 is 5.09. The predicted molar refractivity (Wildman–Crippen MR) is 80.6 cm³/mol. The van der Waals surface area contributed by atoms with Crippen LogP contribution in [0, 0.1) is 12.3 Å². The summed E-state index contributed by atoms with van der Waals surface area (Å²) in [7, 11) is 0. The minimum Gasteiger partial charge on any atom is -0.465 e. The van der Waals surface area contributed by atoms with E-state index in [0.717, 1.165) is 12.8 Å². The van der Waals surface area contributed by atoms with Crippen molar-refractivity contribution in [2.24, 2.45) is 5.41 Å². The molecule has 2 amide bonds. The number of hydrogen-bond donors (Lipinski definition) is 2. The number of anilines is 1. The third kappa shape index (κ3) is 2.55. The minimum atomic E-state index is -1.12. The number of rotatable bonds is 2. The fourth-order valence-corrected chi connectivity index (χ4v) is 3.23. The monoisotopic (exact) mass is 309 g/mol. The van der Waals surface area contributed by atoms with Crippen molar-refractivity contribution in [1.82, 2.24) is 9.88 Å². The Balaban J connectivity index is 2.42. The SMILES string of the molecule is Cc1ocnc1NC(=O)[C@@]1(C(C)(C)C)CCCCN1C(=O)O. The molecule has 0 radical (unpaired) electrons. The summed E-state index contributed by atoms with van der Waals surface area (Å²) >= 11 is 0. The number of carbonyl (C=O) groups is 2. The van der Waals surface area contributed by atoms with Gasteiger partial charge in [-0.1, -0.05) is 20.8 Å². The Morgan fingerprint density at radius 1 is 1.41 bits per heavy atom. The zero-order valence-corrected chi connectivity index (χ0v) is 13.5. The largest absolute Gasteiger partial charge is 0.465 e. The van der Waals surface area contributed by atoms with E-state index in [9.17, 15) is 14.7 Å². The molecular weight excluding hydrogens is 286 g/mol. The van der Waals surface area contributed by atoms with Gasteiger partial charge in [0.2, 0.25) is 0 Å². The van der Waals surface area contributed by atoms with Crippen molar-refractivity contribution in [3.05, 3.63) is 12.2 Å². The topological polar surface area (TPSA) is 95.7 Å². The number of oxazole rings is 1. The number of aromatic nitrogens is 1. The molecule has 1 aliphatic heterocycles. The molecule has 0 saturated carbocycles. The Morgan fingerprint density at radius 3 is 2.59 bits per heavy atom. The highest BCUT2D eigenvalue weighted by Gasteiger charge is 2.55. The average Bonchev–Trinajstić information content (AvgIpc) is 2.82. The van der Waals surface area contributed by atoms with Crippen LogP contribution in [0.1, 0.15) is 45.8 Å². The summed E-state index contributed by atoms with van der Waals surface area (Å²) in [5.41, 5.74) is -1.67. The summed E-state index contributed by atoms with van der Waals surface area (Å²) in [5, 5.41) is 12.3. The molecule has 1 saturated heterocycles. The minimum absolute atomic E-state index is 0.338. The molecule has 2 N–H and O–H groups in total. The molecule has 1 aromatic rings. The molecule has 22 heavy (non-hydrogen) atoms. The zero-order valence-electron chi connectivity index (χ0n) is 13.5. The van der Waals surface area contributed by atoms with Crippen molar-refractivity contribution in [2.75, 3.05) is 11.9 Å². The molecule has 122 valence electrons.